The highest BCUT2D eigenvalue weighted by molar-refractivity contribution is 7.89. The standard InChI is InChI=1S/C8H10O.C2H6OS/c9-7-6-8-4-2-1-3-5-8;1-4(2)3/h1-5,9H,6-7H2;1-2H3. The Hall–Kier alpha value is -0.510. The summed E-state index contributed by atoms with van der Waals surface area (Å²) in [6.07, 6.45) is 4.04. The average Bonchev–Trinajstić information content (AvgIpc) is 2.06. The van der Waals surface area contributed by atoms with E-state index in [0.29, 0.717) is 0 Å². The minimum atomic E-state index is -0.611. The van der Waals surface area contributed by atoms with Crippen LogP contribution in [0.1, 0.15) is 5.56 Å². The molecule has 2 nitrogen and oxygen atoms in total. The molecule has 0 amide bonds. The molecule has 0 aliphatic rings. The molecule has 1 aromatic carbocycles. The van der Waals surface area contributed by atoms with Gasteiger partial charge in [0.2, 0.25) is 0 Å². The fourth-order valence-electron chi connectivity index (χ4n) is 0.774. The Labute approximate surface area is 82.8 Å². The normalized spacial score (nSPS) is 9.31. The van der Waals surface area contributed by atoms with Gasteiger partial charge in [0, 0.05) is 6.61 Å². The summed E-state index contributed by atoms with van der Waals surface area (Å²) in [6, 6.07) is 9.95. The summed E-state index contributed by atoms with van der Waals surface area (Å²) >= 11 is -0.611. The molecule has 0 saturated carbocycles. The van der Waals surface area contributed by atoms with Crippen molar-refractivity contribution in [1.82, 2.24) is 0 Å². The molecular weight excluding hydrogens is 184 g/mol. The van der Waals surface area contributed by atoms with Crippen LogP contribution in [0, 0.1) is 0 Å². The zero-order chi connectivity index (χ0) is 10.1. The number of benzene rings is 1. The summed E-state index contributed by atoms with van der Waals surface area (Å²) in [5, 5.41) is 8.52. The SMILES string of the molecule is C[S+](C)[O-].OCCc1ccccc1. The first-order chi connectivity index (χ1) is 6.16. The molecule has 0 aliphatic heterocycles. The van der Waals surface area contributed by atoms with Crippen LogP contribution in [0.4, 0.5) is 0 Å². The van der Waals surface area contributed by atoms with Gasteiger partial charge < -0.3 is 9.66 Å². The molecule has 0 fully saturated rings. The van der Waals surface area contributed by atoms with Crippen LogP contribution in [0.25, 0.3) is 0 Å². The molecule has 0 heterocycles. The smallest absolute Gasteiger partial charge is 0.0946 e. The number of aliphatic hydroxyl groups is 1. The Bertz CT molecular complexity index is 197. The second kappa shape index (κ2) is 8.10. The van der Waals surface area contributed by atoms with Gasteiger partial charge in [-0.1, -0.05) is 41.5 Å². The maximum absolute atomic E-state index is 9.56. The second-order valence-electron chi connectivity index (χ2n) is 2.70. The van der Waals surface area contributed by atoms with Crippen molar-refractivity contribution in [3.8, 4) is 0 Å². The summed E-state index contributed by atoms with van der Waals surface area (Å²) in [5.41, 5.74) is 1.19. The lowest BCUT2D eigenvalue weighted by molar-refractivity contribution is 0.299. The van der Waals surface area contributed by atoms with Crippen LogP contribution < -0.4 is 0 Å². The summed E-state index contributed by atoms with van der Waals surface area (Å²) < 4.78 is 9.56. The van der Waals surface area contributed by atoms with E-state index in [1.807, 2.05) is 30.3 Å². The van der Waals surface area contributed by atoms with Crippen molar-refractivity contribution in [2.24, 2.45) is 0 Å². The first kappa shape index (κ1) is 12.5. The number of rotatable bonds is 2. The van der Waals surface area contributed by atoms with Crippen molar-refractivity contribution in [2.75, 3.05) is 19.1 Å². The van der Waals surface area contributed by atoms with Crippen molar-refractivity contribution in [1.29, 1.82) is 0 Å². The first-order valence-corrected chi connectivity index (χ1v) is 6.03. The molecule has 3 heteroatoms. The van der Waals surface area contributed by atoms with Crippen LogP contribution in [-0.4, -0.2) is 28.8 Å². The molecule has 74 valence electrons. The molecule has 1 rings (SSSR count). The predicted molar refractivity (Wildman–Crippen MR) is 57.2 cm³/mol. The van der Waals surface area contributed by atoms with Gasteiger partial charge in [-0.2, -0.15) is 0 Å². The van der Waals surface area contributed by atoms with E-state index in [-0.39, 0.29) is 6.61 Å². The van der Waals surface area contributed by atoms with Crippen LogP contribution in [0.2, 0.25) is 0 Å². The fraction of sp³-hybridized carbons (Fsp3) is 0.400. The fourth-order valence-corrected chi connectivity index (χ4v) is 0.774. The van der Waals surface area contributed by atoms with Gasteiger partial charge >= 0.3 is 0 Å². The van der Waals surface area contributed by atoms with E-state index >= 15 is 0 Å². The zero-order valence-corrected chi connectivity index (χ0v) is 8.88. The number of hydrogen-bond acceptors (Lipinski definition) is 2. The van der Waals surface area contributed by atoms with Crippen molar-refractivity contribution < 1.29 is 9.66 Å². The van der Waals surface area contributed by atoms with Gasteiger partial charge in [-0.25, -0.2) is 0 Å². The van der Waals surface area contributed by atoms with Crippen LogP contribution in [-0.2, 0) is 17.6 Å². The van der Waals surface area contributed by atoms with Gasteiger partial charge in [0.15, 0.2) is 0 Å². The third-order valence-corrected chi connectivity index (χ3v) is 1.24. The van der Waals surface area contributed by atoms with Crippen LogP contribution in [0.5, 0.6) is 0 Å². The van der Waals surface area contributed by atoms with E-state index in [9.17, 15) is 4.55 Å². The summed E-state index contributed by atoms with van der Waals surface area (Å²) in [5.74, 6) is 0. The van der Waals surface area contributed by atoms with Crippen molar-refractivity contribution in [2.45, 2.75) is 6.42 Å². The van der Waals surface area contributed by atoms with Gasteiger partial charge in [-0.3, -0.25) is 0 Å². The van der Waals surface area contributed by atoms with E-state index in [1.54, 1.807) is 12.5 Å². The van der Waals surface area contributed by atoms with E-state index < -0.39 is 11.2 Å². The first-order valence-electron chi connectivity index (χ1n) is 4.06. The molecule has 1 N–H and O–H groups in total. The molecule has 13 heavy (non-hydrogen) atoms. The predicted octanol–water partition coefficient (Wildman–Crippen LogP) is 1.22. The summed E-state index contributed by atoms with van der Waals surface area (Å²) in [7, 11) is 0. The summed E-state index contributed by atoms with van der Waals surface area (Å²) in [6.45, 7) is 0.240. The van der Waals surface area contributed by atoms with Gasteiger partial charge in [0.25, 0.3) is 0 Å². The highest BCUT2D eigenvalue weighted by Gasteiger charge is 1.85. The lowest BCUT2D eigenvalue weighted by Gasteiger charge is -1.93. The molecular formula is C10H16O2S. The summed E-state index contributed by atoms with van der Waals surface area (Å²) in [4.78, 5) is 0. The zero-order valence-electron chi connectivity index (χ0n) is 8.06. The molecule has 0 saturated heterocycles. The number of hydrogen-bond donors (Lipinski definition) is 1. The quantitative estimate of drug-likeness (QED) is 0.729. The second-order valence-corrected chi connectivity index (χ2v) is 4.18. The Balaban J connectivity index is 0.000000310. The molecule has 0 radical (unpaired) electrons. The third-order valence-electron chi connectivity index (χ3n) is 1.24. The average molecular weight is 200 g/mol. The lowest BCUT2D eigenvalue weighted by Crippen LogP contribution is -1.88. The van der Waals surface area contributed by atoms with Gasteiger partial charge in [-0.05, 0) is 12.0 Å². The van der Waals surface area contributed by atoms with Crippen molar-refractivity contribution in [3.05, 3.63) is 35.9 Å². The molecule has 0 aromatic heterocycles. The van der Waals surface area contributed by atoms with Gasteiger partial charge in [0.1, 0.15) is 0 Å². The molecule has 1 aromatic rings. The molecule has 0 unspecified atom stereocenters. The van der Waals surface area contributed by atoms with E-state index in [4.69, 9.17) is 5.11 Å². The minimum Gasteiger partial charge on any atom is -0.617 e. The van der Waals surface area contributed by atoms with Crippen LogP contribution in [0.15, 0.2) is 30.3 Å². The Kier molecular flexibility index (Phi) is 7.79. The van der Waals surface area contributed by atoms with Gasteiger partial charge in [-0.15, -0.1) is 0 Å². The minimum absolute atomic E-state index is 0.240. The third kappa shape index (κ3) is 9.40. The molecule has 0 aliphatic carbocycles. The van der Waals surface area contributed by atoms with Gasteiger partial charge in [0.05, 0.1) is 12.5 Å². The van der Waals surface area contributed by atoms with E-state index in [0.717, 1.165) is 6.42 Å². The highest BCUT2D eigenvalue weighted by Crippen LogP contribution is 1.97. The van der Waals surface area contributed by atoms with E-state index in [2.05, 4.69) is 0 Å². The van der Waals surface area contributed by atoms with E-state index in [1.165, 1.54) is 5.56 Å². The lowest BCUT2D eigenvalue weighted by atomic mass is 10.2. The molecule has 0 bridgehead atoms. The Morgan fingerprint density at radius 3 is 2.08 bits per heavy atom. The maximum Gasteiger partial charge on any atom is 0.0946 e. The van der Waals surface area contributed by atoms with Crippen LogP contribution >= 0.6 is 0 Å². The highest BCUT2D eigenvalue weighted by atomic mass is 32.2. The monoisotopic (exact) mass is 200 g/mol. The maximum atomic E-state index is 9.56. The van der Waals surface area contributed by atoms with Crippen LogP contribution in [0.3, 0.4) is 0 Å². The Morgan fingerprint density at radius 1 is 1.23 bits per heavy atom. The molecule has 0 spiro atoms. The Morgan fingerprint density at radius 2 is 1.69 bits per heavy atom. The van der Waals surface area contributed by atoms with Crippen molar-refractivity contribution >= 4 is 11.2 Å². The largest absolute Gasteiger partial charge is 0.617 e. The number of aliphatic hydroxyl groups excluding tert-OH is 1. The van der Waals surface area contributed by atoms with Crippen molar-refractivity contribution in [3.63, 3.8) is 0 Å². The topological polar surface area (TPSA) is 43.3 Å². The molecule has 0 atom stereocenters.